The number of piperidine rings is 1. The Morgan fingerprint density at radius 1 is 1.21 bits per heavy atom. The average molecular weight is 448 g/mol. The lowest BCUT2D eigenvalue weighted by molar-refractivity contribution is -0.184. The first-order valence-electron chi connectivity index (χ1n) is 11.9. The SMILES string of the molecule is COc1ccc2c3c1O[C@H]1[C@H](N4CC(=O)Nc5ccccc54)CCC4(O)[C@@H](C2)N(C)CC[C@]314. The van der Waals surface area contributed by atoms with Crippen LogP contribution < -0.4 is 19.7 Å². The molecule has 2 aromatic carbocycles. The standard InChI is InChI=1S/C26H29N3O4/c1-28-12-11-25-22-15-7-8-19(32-2)23(22)33-24(25)18(9-10-26(25,31)20(28)13-15)29-14-21(30)27-16-5-3-4-6-17(16)29/h3-8,18,20,24,31H,9-14H2,1-2H3,(H,27,30)/t18-,20-,24+,25+,26?/m1/s1. The van der Waals surface area contributed by atoms with Gasteiger partial charge in [0.25, 0.3) is 0 Å². The zero-order valence-corrected chi connectivity index (χ0v) is 19.0. The van der Waals surface area contributed by atoms with E-state index in [2.05, 4.69) is 34.3 Å². The van der Waals surface area contributed by atoms with E-state index in [1.54, 1.807) is 7.11 Å². The van der Waals surface area contributed by atoms with Gasteiger partial charge >= 0.3 is 0 Å². The molecule has 1 saturated carbocycles. The van der Waals surface area contributed by atoms with Gasteiger partial charge in [0.2, 0.25) is 5.91 Å². The Balaban J connectivity index is 1.43. The van der Waals surface area contributed by atoms with Crippen molar-refractivity contribution in [2.24, 2.45) is 0 Å². The predicted octanol–water partition coefficient (Wildman–Crippen LogP) is 2.31. The Kier molecular flexibility index (Phi) is 3.83. The summed E-state index contributed by atoms with van der Waals surface area (Å²) in [5, 5.41) is 15.5. The summed E-state index contributed by atoms with van der Waals surface area (Å²) in [6.45, 7) is 1.20. The van der Waals surface area contributed by atoms with Gasteiger partial charge in [-0.05, 0) is 63.0 Å². The highest BCUT2D eigenvalue weighted by Gasteiger charge is 2.73. The van der Waals surface area contributed by atoms with Gasteiger partial charge in [-0.15, -0.1) is 0 Å². The van der Waals surface area contributed by atoms with Gasteiger partial charge < -0.3 is 29.7 Å². The third-order valence-corrected chi connectivity index (χ3v) is 9.10. The van der Waals surface area contributed by atoms with E-state index in [0.29, 0.717) is 13.0 Å². The molecule has 1 spiro atoms. The van der Waals surface area contributed by atoms with Crippen molar-refractivity contribution >= 4 is 17.3 Å². The Morgan fingerprint density at radius 3 is 2.91 bits per heavy atom. The quantitative estimate of drug-likeness (QED) is 0.736. The molecule has 7 heteroatoms. The first kappa shape index (κ1) is 19.7. The highest BCUT2D eigenvalue weighted by atomic mass is 16.5. The van der Waals surface area contributed by atoms with Crippen molar-refractivity contribution in [2.45, 2.75) is 54.9 Å². The Hall–Kier alpha value is -2.77. The fraction of sp³-hybridized carbons (Fsp3) is 0.500. The molecule has 33 heavy (non-hydrogen) atoms. The maximum atomic E-state index is 12.7. The molecule has 3 heterocycles. The second kappa shape index (κ2) is 6.42. The molecule has 5 atom stereocenters. The first-order chi connectivity index (χ1) is 16.0. The fourth-order valence-electron chi connectivity index (χ4n) is 7.75. The lowest BCUT2D eigenvalue weighted by atomic mass is 9.48. The van der Waals surface area contributed by atoms with Gasteiger partial charge in [0.15, 0.2) is 11.5 Å². The minimum Gasteiger partial charge on any atom is -0.493 e. The summed E-state index contributed by atoms with van der Waals surface area (Å²) in [5.74, 6) is 1.52. The van der Waals surface area contributed by atoms with Crippen LogP contribution in [-0.4, -0.2) is 66.9 Å². The number of carbonyl (C=O) groups is 1. The minimum atomic E-state index is -0.872. The number of aliphatic hydroxyl groups is 1. The molecule has 172 valence electrons. The lowest BCUT2D eigenvalue weighted by Crippen LogP contribution is -2.78. The number of nitrogens with zero attached hydrogens (tertiary/aromatic N) is 2. The highest BCUT2D eigenvalue weighted by molar-refractivity contribution is 6.01. The number of hydrogen-bond donors (Lipinski definition) is 2. The number of methoxy groups -OCH3 is 1. The first-order valence-corrected chi connectivity index (χ1v) is 11.9. The molecule has 5 aliphatic rings. The van der Waals surface area contributed by atoms with Gasteiger partial charge in [-0.3, -0.25) is 4.79 Å². The molecule has 1 saturated heterocycles. The van der Waals surface area contributed by atoms with E-state index in [1.165, 1.54) is 5.56 Å². The maximum Gasteiger partial charge on any atom is 0.243 e. The Labute approximate surface area is 193 Å². The number of anilines is 2. The van der Waals surface area contributed by atoms with Crippen LogP contribution in [0.5, 0.6) is 11.5 Å². The van der Waals surface area contributed by atoms with Crippen molar-refractivity contribution in [2.75, 3.05) is 37.5 Å². The summed E-state index contributed by atoms with van der Waals surface area (Å²) in [6, 6.07) is 12.2. The summed E-state index contributed by atoms with van der Waals surface area (Å²) in [6.07, 6.45) is 2.84. The van der Waals surface area contributed by atoms with Crippen LogP contribution in [0.15, 0.2) is 36.4 Å². The molecule has 1 unspecified atom stereocenters. The number of nitrogens with one attached hydrogen (secondary N) is 1. The van der Waals surface area contributed by atoms with Gasteiger partial charge in [0.05, 0.1) is 42.1 Å². The summed E-state index contributed by atoms with van der Waals surface area (Å²) in [7, 11) is 3.81. The smallest absolute Gasteiger partial charge is 0.243 e. The molecule has 2 N–H and O–H groups in total. The molecule has 2 aliphatic carbocycles. The van der Waals surface area contributed by atoms with Gasteiger partial charge in [-0.2, -0.15) is 0 Å². The van der Waals surface area contributed by atoms with Gasteiger partial charge in [0.1, 0.15) is 6.10 Å². The summed E-state index contributed by atoms with van der Waals surface area (Å²) >= 11 is 0. The number of para-hydroxylation sites is 2. The molecular formula is C26H29N3O4. The predicted molar refractivity (Wildman–Crippen MR) is 124 cm³/mol. The van der Waals surface area contributed by atoms with Crippen LogP contribution in [0.2, 0.25) is 0 Å². The topological polar surface area (TPSA) is 74.3 Å². The summed E-state index contributed by atoms with van der Waals surface area (Å²) in [4.78, 5) is 17.2. The van der Waals surface area contributed by atoms with Crippen molar-refractivity contribution in [1.82, 2.24) is 4.90 Å². The normalized spacial score (nSPS) is 35.9. The van der Waals surface area contributed by atoms with E-state index in [4.69, 9.17) is 9.47 Å². The Morgan fingerprint density at radius 2 is 2.06 bits per heavy atom. The van der Waals surface area contributed by atoms with Crippen molar-refractivity contribution in [3.05, 3.63) is 47.5 Å². The molecule has 7 nitrogen and oxygen atoms in total. The second-order valence-corrected chi connectivity index (χ2v) is 10.3. The van der Waals surface area contributed by atoms with Gasteiger partial charge in [0, 0.05) is 11.6 Å². The second-order valence-electron chi connectivity index (χ2n) is 10.3. The van der Waals surface area contributed by atoms with Crippen LogP contribution in [0.3, 0.4) is 0 Å². The van der Waals surface area contributed by atoms with Crippen molar-refractivity contribution < 1.29 is 19.4 Å². The van der Waals surface area contributed by atoms with Gasteiger partial charge in [-0.25, -0.2) is 0 Å². The van der Waals surface area contributed by atoms with E-state index in [-0.39, 0.29) is 24.1 Å². The maximum absolute atomic E-state index is 12.7. The molecule has 2 bridgehead atoms. The number of hydrogen-bond acceptors (Lipinski definition) is 6. The summed E-state index contributed by atoms with van der Waals surface area (Å²) in [5.41, 5.74) is 2.89. The van der Waals surface area contributed by atoms with Crippen molar-refractivity contribution in [1.29, 1.82) is 0 Å². The zero-order chi connectivity index (χ0) is 22.5. The van der Waals surface area contributed by atoms with E-state index in [0.717, 1.165) is 54.2 Å². The number of ether oxygens (including phenoxy) is 2. The molecule has 7 rings (SSSR count). The van der Waals surface area contributed by atoms with Crippen LogP contribution in [0.4, 0.5) is 11.4 Å². The van der Waals surface area contributed by atoms with Crippen LogP contribution in [0.1, 0.15) is 30.4 Å². The average Bonchev–Trinajstić information content (AvgIpc) is 3.16. The van der Waals surface area contributed by atoms with Crippen LogP contribution in [-0.2, 0) is 16.6 Å². The number of amides is 1. The Bertz CT molecular complexity index is 1180. The third kappa shape index (κ3) is 2.25. The molecule has 2 aromatic rings. The van der Waals surface area contributed by atoms with E-state index in [9.17, 15) is 9.90 Å². The van der Waals surface area contributed by atoms with E-state index >= 15 is 0 Å². The number of carbonyl (C=O) groups excluding carboxylic acids is 1. The zero-order valence-electron chi connectivity index (χ0n) is 19.0. The number of rotatable bonds is 2. The molecule has 2 fully saturated rings. The molecule has 1 amide bonds. The molecule has 0 aromatic heterocycles. The lowest BCUT2D eigenvalue weighted by Gasteiger charge is -2.64. The number of likely N-dealkylation sites (tertiary alicyclic amines) is 1. The van der Waals surface area contributed by atoms with E-state index < -0.39 is 11.0 Å². The fourth-order valence-corrected chi connectivity index (χ4v) is 7.75. The van der Waals surface area contributed by atoms with Crippen LogP contribution in [0.25, 0.3) is 0 Å². The third-order valence-electron chi connectivity index (χ3n) is 9.10. The molecular weight excluding hydrogens is 418 g/mol. The van der Waals surface area contributed by atoms with Crippen molar-refractivity contribution in [3.63, 3.8) is 0 Å². The minimum absolute atomic E-state index is 0.00860. The molecule has 0 radical (unpaired) electrons. The van der Waals surface area contributed by atoms with E-state index in [1.807, 2.05) is 24.3 Å². The molecule has 3 aliphatic heterocycles. The monoisotopic (exact) mass is 447 g/mol. The van der Waals surface area contributed by atoms with Crippen LogP contribution in [0, 0.1) is 0 Å². The van der Waals surface area contributed by atoms with Crippen LogP contribution >= 0.6 is 0 Å². The highest BCUT2D eigenvalue weighted by Crippen LogP contribution is 2.66. The number of fused-ring (bicyclic) bond motifs is 1. The number of likely N-dealkylation sites (N-methyl/N-ethyl adjacent to an activating group) is 1. The largest absolute Gasteiger partial charge is 0.493 e. The number of benzene rings is 2. The van der Waals surface area contributed by atoms with Crippen molar-refractivity contribution in [3.8, 4) is 11.5 Å². The van der Waals surface area contributed by atoms with Gasteiger partial charge in [-0.1, -0.05) is 18.2 Å². The summed E-state index contributed by atoms with van der Waals surface area (Å²) < 4.78 is 12.6.